The fourth-order valence-electron chi connectivity index (χ4n) is 3.54. The molecule has 7 nitrogen and oxygen atoms in total. The lowest BCUT2D eigenvalue weighted by Crippen LogP contribution is -2.37. The molecule has 1 saturated heterocycles. The van der Waals surface area contributed by atoms with Crippen molar-refractivity contribution < 1.29 is 22.7 Å². The van der Waals surface area contributed by atoms with Gasteiger partial charge in [-0.2, -0.15) is 13.2 Å². The largest absolute Gasteiger partial charge is 0.416 e. The molecular weight excluding hydrogens is 457 g/mol. The van der Waals surface area contributed by atoms with E-state index in [-0.39, 0.29) is 17.0 Å². The van der Waals surface area contributed by atoms with Gasteiger partial charge in [-0.25, -0.2) is 4.98 Å². The van der Waals surface area contributed by atoms with Crippen LogP contribution in [0.25, 0.3) is 10.9 Å². The zero-order valence-corrected chi connectivity index (χ0v) is 18.5. The van der Waals surface area contributed by atoms with Crippen molar-refractivity contribution in [2.75, 3.05) is 42.3 Å². The number of fused-ring (bicyclic) bond motifs is 1. The van der Waals surface area contributed by atoms with Gasteiger partial charge in [-0.1, -0.05) is 23.9 Å². The van der Waals surface area contributed by atoms with E-state index in [1.807, 2.05) is 4.90 Å². The van der Waals surface area contributed by atoms with Crippen molar-refractivity contribution >= 4 is 39.9 Å². The SMILES string of the molecule is Cn1c(SCC(=O)Nc2cc(C(F)(F)F)ccc2N2CCOCC2)nc2ccccc2c1=O. The maximum absolute atomic E-state index is 13.3. The van der Waals surface area contributed by atoms with E-state index in [4.69, 9.17) is 4.74 Å². The lowest BCUT2D eigenvalue weighted by Gasteiger charge is -2.31. The number of halogens is 3. The van der Waals surface area contributed by atoms with E-state index in [0.29, 0.717) is 48.1 Å². The average Bonchev–Trinajstić information content (AvgIpc) is 2.80. The van der Waals surface area contributed by atoms with Gasteiger partial charge in [0.15, 0.2) is 5.16 Å². The van der Waals surface area contributed by atoms with Crippen LogP contribution in [-0.4, -0.2) is 47.5 Å². The number of nitrogens with one attached hydrogen (secondary N) is 1. The van der Waals surface area contributed by atoms with Crippen LogP contribution in [0, 0.1) is 0 Å². The maximum Gasteiger partial charge on any atom is 0.416 e. The molecule has 1 amide bonds. The third-order valence-electron chi connectivity index (χ3n) is 5.22. The Hall–Kier alpha value is -3.05. The van der Waals surface area contributed by atoms with Crippen LogP contribution in [0.5, 0.6) is 0 Å². The number of benzene rings is 2. The summed E-state index contributed by atoms with van der Waals surface area (Å²) in [5.74, 6) is -0.631. The van der Waals surface area contributed by atoms with Crippen LogP contribution in [-0.2, 0) is 22.8 Å². The predicted octanol–water partition coefficient (Wildman–Crippen LogP) is 3.52. The fraction of sp³-hybridized carbons (Fsp3) is 0.318. The van der Waals surface area contributed by atoms with Crippen LogP contribution in [0.4, 0.5) is 24.5 Å². The summed E-state index contributed by atoms with van der Waals surface area (Å²) in [7, 11) is 1.56. The Morgan fingerprint density at radius 3 is 2.64 bits per heavy atom. The summed E-state index contributed by atoms with van der Waals surface area (Å²) in [6.07, 6.45) is -4.54. The molecule has 1 aliphatic heterocycles. The van der Waals surface area contributed by atoms with Gasteiger partial charge in [0.2, 0.25) is 5.91 Å². The van der Waals surface area contributed by atoms with Crippen molar-refractivity contribution in [1.82, 2.24) is 9.55 Å². The van der Waals surface area contributed by atoms with E-state index >= 15 is 0 Å². The average molecular weight is 478 g/mol. The number of para-hydroxylation sites is 1. The summed E-state index contributed by atoms with van der Waals surface area (Å²) in [5, 5.41) is 3.41. The highest BCUT2D eigenvalue weighted by atomic mass is 32.2. The van der Waals surface area contributed by atoms with Gasteiger partial charge in [0.1, 0.15) is 0 Å². The Labute approximate surface area is 191 Å². The highest BCUT2D eigenvalue weighted by Crippen LogP contribution is 2.36. The van der Waals surface area contributed by atoms with Gasteiger partial charge < -0.3 is 15.0 Å². The monoisotopic (exact) mass is 478 g/mol. The fourth-order valence-corrected chi connectivity index (χ4v) is 4.31. The van der Waals surface area contributed by atoms with Crippen LogP contribution in [0.3, 0.4) is 0 Å². The first-order valence-corrected chi connectivity index (χ1v) is 11.1. The highest BCUT2D eigenvalue weighted by Gasteiger charge is 2.32. The summed E-state index contributed by atoms with van der Waals surface area (Å²) >= 11 is 1.04. The number of carbonyl (C=O) groups is 1. The smallest absolute Gasteiger partial charge is 0.378 e. The van der Waals surface area contributed by atoms with Gasteiger partial charge in [0.05, 0.1) is 46.8 Å². The third-order valence-corrected chi connectivity index (χ3v) is 6.25. The molecular formula is C22H21F3N4O3S. The summed E-state index contributed by atoms with van der Waals surface area (Å²) in [6, 6.07) is 10.2. The van der Waals surface area contributed by atoms with Crippen molar-refractivity contribution in [1.29, 1.82) is 0 Å². The Bertz CT molecular complexity index is 1240. The zero-order valence-electron chi connectivity index (χ0n) is 17.7. The van der Waals surface area contributed by atoms with Gasteiger partial charge in [-0.15, -0.1) is 0 Å². The van der Waals surface area contributed by atoms with E-state index in [1.54, 1.807) is 31.3 Å². The Kier molecular flexibility index (Phi) is 6.61. The number of nitrogens with zero attached hydrogens (tertiary/aromatic N) is 3. The molecule has 1 aliphatic rings. The number of aromatic nitrogens is 2. The number of alkyl halides is 3. The van der Waals surface area contributed by atoms with Crippen molar-refractivity contribution in [3.8, 4) is 0 Å². The first-order valence-electron chi connectivity index (χ1n) is 10.2. The summed E-state index contributed by atoms with van der Waals surface area (Å²) in [5.41, 5.74) is 0.00611. The van der Waals surface area contributed by atoms with Crippen molar-refractivity contribution in [2.24, 2.45) is 7.05 Å². The second kappa shape index (κ2) is 9.44. The van der Waals surface area contributed by atoms with E-state index in [0.717, 1.165) is 23.9 Å². The number of anilines is 2. The molecule has 3 aromatic rings. The number of amides is 1. The zero-order chi connectivity index (χ0) is 23.6. The normalized spacial score (nSPS) is 14.5. The molecule has 0 aliphatic carbocycles. The van der Waals surface area contributed by atoms with Crippen molar-refractivity contribution in [3.05, 3.63) is 58.4 Å². The molecule has 11 heteroatoms. The minimum Gasteiger partial charge on any atom is -0.378 e. The quantitative estimate of drug-likeness (QED) is 0.447. The summed E-state index contributed by atoms with van der Waals surface area (Å²) < 4.78 is 46.5. The molecule has 33 heavy (non-hydrogen) atoms. The second-order valence-electron chi connectivity index (χ2n) is 7.44. The number of rotatable bonds is 5. The molecule has 2 aromatic carbocycles. The van der Waals surface area contributed by atoms with Gasteiger partial charge in [-0.3, -0.25) is 14.2 Å². The van der Waals surface area contributed by atoms with E-state index in [9.17, 15) is 22.8 Å². The molecule has 0 saturated carbocycles. The molecule has 1 aromatic heterocycles. The molecule has 0 radical (unpaired) electrons. The third kappa shape index (κ3) is 5.14. The molecule has 174 valence electrons. The number of morpholine rings is 1. The number of hydrogen-bond acceptors (Lipinski definition) is 6. The van der Waals surface area contributed by atoms with Crippen LogP contribution in [0.1, 0.15) is 5.56 Å². The number of hydrogen-bond donors (Lipinski definition) is 1. The van der Waals surface area contributed by atoms with Gasteiger partial charge in [0.25, 0.3) is 5.56 Å². The summed E-state index contributed by atoms with van der Waals surface area (Å²) in [6.45, 7) is 1.91. The number of carbonyl (C=O) groups excluding carboxylic acids is 1. The van der Waals surface area contributed by atoms with Gasteiger partial charge in [0, 0.05) is 20.1 Å². The minimum atomic E-state index is -4.54. The Balaban J connectivity index is 1.55. The molecule has 4 rings (SSSR count). The number of thioether (sulfide) groups is 1. The first kappa shape index (κ1) is 23.1. The highest BCUT2D eigenvalue weighted by molar-refractivity contribution is 7.99. The molecule has 0 atom stereocenters. The topological polar surface area (TPSA) is 76.5 Å². The van der Waals surface area contributed by atoms with Crippen molar-refractivity contribution in [2.45, 2.75) is 11.3 Å². The Morgan fingerprint density at radius 2 is 1.91 bits per heavy atom. The predicted molar refractivity (Wildman–Crippen MR) is 121 cm³/mol. The van der Waals surface area contributed by atoms with Crippen molar-refractivity contribution in [3.63, 3.8) is 0 Å². The van der Waals surface area contributed by atoms with E-state index in [1.165, 1.54) is 10.6 Å². The second-order valence-corrected chi connectivity index (χ2v) is 8.38. The van der Waals surface area contributed by atoms with Crippen LogP contribution in [0.2, 0.25) is 0 Å². The maximum atomic E-state index is 13.3. The van der Waals surface area contributed by atoms with E-state index in [2.05, 4.69) is 10.3 Å². The van der Waals surface area contributed by atoms with Gasteiger partial charge >= 0.3 is 6.18 Å². The standard InChI is InChI=1S/C22H21F3N4O3S/c1-28-20(31)15-4-2-3-5-16(15)27-21(28)33-13-19(30)26-17-12-14(22(23,24)25)6-7-18(17)29-8-10-32-11-9-29/h2-7,12H,8-11,13H2,1H3,(H,26,30). The lowest BCUT2D eigenvalue weighted by molar-refractivity contribution is -0.137. The molecule has 0 spiro atoms. The summed E-state index contributed by atoms with van der Waals surface area (Å²) in [4.78, 5) is 31.5. The van der Waals surface area contributed by atoms with E-state index < -0.39 is 17.6 Å². The van der Waals surface area contributed by atoms with Gasteiger partial charge in [-0.05, 0) is 30.3 Å². The minimum absolute atomic E-state index is 0.0812. The molecule has 0 unspecified atom stereocenters. The molecule has 1 fully saturated rings. The molecule has 0 bridgehead atoms. The van der Waals surface area contributed by atoms with Crippen LogP contribution >= 0.6 is 11.8 Å². The number of ether oxygens (including phenoxy) is 1. The first-order chi connectivity index (χ1) is 15.7. The Morgan fingerprint density at radius 1 is 1.18 bits per heavy atom. The molecule has 1 N–H and O–H groups in total. The van der Waals surface area contributed by atoms with Crippen LogP contribution < -0.4 is 15.8 Å². The molecule has 2 heterocycles. The lowest BCUT2D eigenvalue weighted by atomic mass is 10.1. The van der Waals surface area contributed by atoms with Crippen LogP contribution in [0.15, 0.2) is 52.4 Å².